The van der Waals surface area contributed by atoms with Crippen molar-refractivity contribution in [2.45, 2.75) is 0 Å². The fraction of sp³-hybridized carbons (Fsp3) is 0.0250. The first-order chi connectivity index (χ1) is 21.2. The van der Waals surface area contributed by atoms with Gasteiger partial charge < -0.3 is 5.32 Å². The van der Waals surface area contributed by atoms with Crippen LogP contribution in [0.2, 0.25) is 0 Å². The number of hydrogen-bond acceptors (Lipinski definition) is 3. The lowest BCUT2D eigenvalue weighted by atomic mass is 9.91. The smallest absolute Gasteiger partial charge is 0.0902 e. The molecular formula is C40H28N2S. The molecule has 0 saturated carbocycles. The first-order valence-corrected chi connectivity index (χ1v) is 15.3. The van der Waals surface area contributed by atoms with Gasteiger partial charge in [-0.15, -0.1) is 11.3 Å². The van der Waals surface area contributed by atoms with Crippen molar-refractivity contribution in [2.24, 2.45) is 0 Å². The first-order valence-electron chi connectivity index (χ1n) is 14.5. The van der Waals surface area contributed by atoms with Crippen LogP contribution in [0, 0.1) is 0 Å². The number of allylic oxidation sites excluding steroid dienone is 3. The Labute approximate surface area is 254 Å². The van der Waals surface area contributed by atoms with Crippen LogP contribution in [0.5, 0.6) is 0 Å². The van der Waals surface area contributed by atoms with Gasteiger partial charge in [0.1, 0.15) is 0 Å². The molecule has 1 aliphatic heterocycles. The Hall–Kier alpha value is -5.25. The number of nitrogens with zero attached hydrogens (tertiary/aromatic N) is 1. The first kappa shape index (κ1) is 25.5. The van der Waals surface area contributed by atoms with Crippen LogP contribution in [0.25, 0.3) is 83.0 Å². The highest BCUT2D eigenvalue weighted by Gasteiger charge is 2.16. The second-order valence-electron chi connectivity index (χ2n) is 10.9. The van der Waals surface area contributed by atoms with Gasteiger partial charge in [0.15, 0.2) is 0 Å². The lowest BCUT2D eigenvalue weighted by molar-refractivity contribution is 0.975. The van der Waals surface area contributed by atoms with Crippen LogP contribution in [0.1, 0.15) is 5.69 Å². The molecule has 204 valence electrons. The van der Waals surface area contributed by atoms with Crippen molar-refractivity contribution in [2.75, 3.05) is 6.54 Å². The molecule has 0 spiro atoms. The van der Waals surface area contributed by atoms with Crippen LogP contribution >= 0.6 is 11.3 Å². The van der Waals surface area contributed by atoms with Crippen LogP contribution in [0.4, 0.5) is 0 Å². The molecule has 0 bridgehead atoms. The van der Waals surface area contributed by atoms with E-state index in [9.17, 15) is 0 Å². The molecule has 1 aliphatic rings. The van der Waals surface area contributed by atoms with Gasteiger partial charge in [-0.05, 0) is 72.9 Å². The highest BCUT2D eigenvalue weighted by Crippen LogP contribution is 2.38. The third kappa shape index (κ3) is 4.20. The SMILES string of the molecule is C=C/C=c1/sc2c(C3=CNCC=C3)nc(-c3cccc(-c4ccc5c6ccccc6c6ccccc6c5c4)c3)cc2c1=C. The molecule has 0 unspecified atom stereocenters. The number of fused-ring (bicyclic) bond motifs is 7. The van der Waals surface area contributed by atoms with Crippen molar-refractivity contribution in [3.8, 4) is 22.4 Å². The second kappa shape index (κ2) is 10.2. The van der Waals surface area contributed by atoms with Crippen LogP contribution in [0.3, 0.4) is 0 Å². The maximum atomic E-state index is 5.25. The molecule has 5 aromatic carbocycles. The molecule has 43 heavy (non-hydrogen) atoms. The Morgan fingerprint density at radius 1 is 0.698 bits per heavy atom. The standard InChI is InChI=1S/C40H28N2S/c1-3-10-38-25(2)35-23-37(42-39(40(35)43-38)29-13-9-20-41-24-29)28-12-8-11-26(21-28)27-18-19-34-32-16-5-4-14-30(32)31-15-6-7-17-33(31)36(34)22-27/h3-19,21-24,41H,1-2,20H2/b38-10+. The van der Waals surface area contributed by atoms with E-state index in [2.05, 4.69) is 134 Å². The summed E-state index contributed by atoms with van der Waals surface area (Å²) in [5.41, 5.74) is 6.43. The number of dihydropyridines is 1. The van der Waals surface area contributed by atoms with Crippen molar-refractivity contribution in [3.63, 3.8) is 0 Å². The fourth-order valence-electron chi connectivity index (χ4n) is 6.31. The number of aromatic nitrogens is 1. The van der Waals surface area contributed by atoms with E-state index in [1.165, 1.54) is 43.4 Å². The number of thiophene rings is 1. The van der Waals surface area contributed by atoms with Crippen LogP contribution in [-0.4, -0.2) is 11.5 Å². The van der Waals surface area contributed by atoms with E-state index in [4.69, 9.17) is 4.98 Å². The van der Waals surface area contributed by atoms with Crippen molar-refractivity contribution >= 4 is 72.0 Å². The fourth-order valence-corrected chi connectivity index (χ4v) is 7.48. The van der Waals surface area contributed by atoms with Crippen LogP contribution in [-0.2, 0) is 0 Å². The highest BCUT2D eigenvalue weighted by atomic mass is 32.1. The molecule has 0 saturated heterocycles. The van der Waals surface area contributed by atoms with Gasteiger partial charge in [-0.2, -0.15) is 0 Å². The molecule has 3 heterocycles. The average molecular weight is 569 g/mol. The topological polar surface area (TPSA) is 24.9 Å². The Morgan fingerprint density at radius 2 is 1.37 bits per heavy atom. The van der Waals surface area contributed by atoms with Gasteiger partial charge in [-0.3, -0.25) is 0 Å². The van der Waals surface area contributed by atoms with Crippen molar-refractivity contribution < 1.29 is 0 Å². The van der Waals surface area contributed by atoms with E-state index in [1.807, 2.05) is 12.2 Å². The summed E-state index contributed by atoms with van der Waals surface area (Å²) in [5, 5.41) is 13.2. The number of pyridine rings is 1. The van der Waals surface area contributed by atoms with Gasteiger partial charge in [0.2, 0.25) is 0 Å². The van der Waals surface area contributed by atoms with E-state index in [-0.39, 0.29) is 0 Å². The van der Waals surface area contributed by atoms with Crippen LogP contribution < -0.4 is 15.1 Å². The van der Waals surface area contributed by atoms with E-state index in [1.54, 1.807) is 11.3 Å². The summed E-state index contributed by atoms with van der Waals surface area (Å²) >= 11 is 1.72. The van der Waals surface area contributed by atoms with E-state index < -0.39 is 0 Å². The molecule has 8 rings (SSSR count). The average Bonchev–Trinajstić information content (AvgIpc) is 3.39. The summed E-state index contributed by atoms with van der Waals surface area (Å²) < 4.78 is 2.26. The number of hydrogen-bond donors (Lipinski definition) is 1. The zero-order valence-electron chi connectivity index (χ0n) is 23.6. The number of nitrogens with one attached hydrogen (secondary N) is 1. The predicted molar refractivity (Wildman–Crippen MR) is 188 cm³/mol. The van der Waals surface area contributed by atoms with Crippen molar-refractivity contribution in [1.29, 1.82) is 0 Å². The molecule has 0 atom stereocenters. The Balaban J connectivity index is 1.32. The zero-order chi connectivity index (χ0) is 28.9. The normalized spacial score (nSPS) is 13.6. The minimum absolute atomic E-state index is 0.825. The quantitative estimate of drug-likeness (QED) is 0.214. The zero-order valence-corrected chi connectivity index (χ0v) is 24.4. The summed E-state index contributed by atoms with van der Waals surface area (Å²) in [7, 11) is 0. The number of rotatable bonds is 4. The molecule has 0 fully saturated rings. The van der Waals surface area contributed by atoms with Crippen molar-refractivity contribution in [3.05, 3.63) is 144 Å². The van der Waals surface area contributed by atoms with E-state index in [0.717, 1.165) is 48.9 Å². The molecule has 0 radical (unpaired) electrons. The van der Waals surface area contributed by atoms with Gasteiger partial charge in [-0.25, -0.2) is 4.98 Å². The predicted octanol–water partition coefficient (Wildman–Crippen LogP) is 8.97. The molecule has 2 nitrogen and oxygen atoms in total. The van der Waals surface area contributed by atoms with Crippen LogP contribution in [0.15, 0.2) is 128 Å². The Morgan fingerprint density at radius 3 is 2.07 bits per heavy atom. The summed E-state index contributed by atoms with van der Waals surface area (Å²) in [6.45, 7) is 9.17. The van der Waals surface area contributed by atoms with E-state index in [0.29, 0.717) is 0 Å². The molecule has 2 aromatic heterocycles. The minimum Gasteiger partial charge on any atom is -0.387 e. The number of benzene rings is 5. The second-order valence-corrected chi connectivity index (χ2v) is 12.0. The van der Waals surface area contributed by atoms with Gasteiger partial charge in [0, 0.05) is 33.8 Å². The van der Waals surface area contributed by atoms with Gasteiger partial charge >= 0.3 is 0 Å². The molecule has 0 amide bonds. The Bertz CT molecular complexity index is 2410. The molecule has 3 heteroatoms. The summed E-state index contributed by atoms with van der Waals surface area (Å²) in [4.78, 5) is 5.25. The highest BCUT2D eigenvalue weighted by molar-refractivity contribution is 7.17. The third-order valence-corrected chi connectivity index (χ3v) is 9.60. The lowest BCUT2D eigenvalue weighted by Gasteiger charge is -2.13. The van der Waals surface area contributed by atoms with E-state index >= 15 is 0 Å². The maximum absolute atomic E-state index is 5.25. The molecular weight excluding hydrogens is 541 g/mol. The molecule has 1 N–H and O–H groups in total. The van der Waals surface area contributed by atoms with Gasteiger partial charge in [-0.1, -0.05) is 110 Å². The van der Waals surface area contributed by atoms with Crippen molar-refractivity contribution in [1.82, 2.24) is 10.3 Å². The Kier molecular flexibility index (Phi) is 6.06. The monoisotopic (exact) mass is 568 g/mol. The minimum atomic E-state index is 0.825. The largest absolute Gasteiger partial charge is 0.387 e. The maximum Gasteiger partial charge on any atom is 0.0902 e. The lowest BCUT2D eigenvalue weighted by Crippen LogP contribution is -2.15. The summed E-state index contributed by atoms with van der Waals surface area (Å²) in [5.74, 6) is 0. The summed E-state index contributed by atoms with van der Waals surface area (Å²) in [6, 6.07) is 35.3. The van der Waals surface area contributed by atoms with Gasteiger partial charge in [0.05, 0.1) is 16.1 Å². The van der Waals surface area contributed by atoms with Gasteiger partial charge in [0.25, 0.3) is 0 Å². The molecule has 0 aliphatic carbocycles. The molecule has 7 aromatic rings. The third-order valence-electron chi connectivity index (χ3n) is 8.38. The summed E-state index contributed by atoms with van der Waals surface area (Å²) in [6.07, 6.45) is 10.2.